The Hall–Kier alpha value is -1.56. The van der Waals surface area contributed by atoms with Crippen LogP contribution >= 0.6 is 0 Å². The minimum absolute atomic E-state index is 0.168. The Morgan fingerprint density at radius 1 is 1.56 bits per heavy atom. The number of β-amino-alcohol motifs (C(OH)–C–C–N with tert-alkyl or cyclic N) is 1. The summed E-state index contributed by atoms with van der Waals surface area (Å²) in [7, 11) is 0. The van der Waals surface area contributed by atoms with Gasteiger partial charge in [0.15, 0.2) is 0 Å². The summed E-state index contributed by atoms with van der Waals surface area (Å²) in [5.74, 6) is -0.891. The zero-order valence-corrected chi connectivity index (χ0v) is 10.6. The van der Waals surface area contributed by atoms with Crippen LogP contribution in [-0.4, -0.2) is 64.3 Å². The average Bonchev–Trinajstić information content (AvgIpc) is 2.31. The third kappa shape index (κ3) is 3.73. The normalized spacial score (nSPS) is 23.6. The van der Waals surface area contributed by atoms with Crippen molar-refractivity contribution >= 4 is 12.0 Å². The Balaban J connectivity index is 2.64. The van der Waals surface area contributed by atoms with E-state index in [1.807, 2.05) is 6.92 Å². The van der Waals surface area contributed by atoms with Crippen molar-refractivity contribution in [3.8, 4) is 0 Å². The molecule has 0 saturated carbocycles. The summed E-state index contributed by atoms with van der Waals surface area (Å²) in [6.45, 7) is 6.08. The third-order valence-corrected chi connectivity index (χ3v) is 3.14. The molecule has 1 saturated heterocycles. The topological polar surface area (TPSA) is 81.1 Å². The van der Waals surface area contributed by atoms with Crippen LogP contribution in [0.4, 0.5) is 4.79 Å². The minimum Gasteiger partial charge on any atom is -0.480 e. The standard InChI is InChI=1S/C12H20N2O4/c1-3-5-13(8-11(16)17)12(18)14-6-4-9(2)10(15)7-14/h3,9-10,15H,1,4-8H2,2H3,(H,16,17). The van der Waals surface area contributed by atoms with E-state index in [4.69, 9.17) is 5.11 Å². The lowest BCUT2D eigenvalue weighted by Crippen LogP contribution is -2.52. The minimum atomic E-state index is -1.06. The second-order valence-electron chi connectivity index (χ2n) is 4.62. The summed E-state index contributed by atoms with van der Waals surface area (Å²) in [5.41, 5.74) is 0. The number of aliphatic carboxylic acids is 1. The number of carboxylic acids is 1. The number of piperidine rings is 1. The zero-order valence-electron chi connectivity index (χ0n) is 10.6. The van der Waals surface area contributed by atoms with Gasteiger partial charge in [-0.15, -0.1) is 6.58 Å². The van der Waals surface area contributed by atoms with Crippen molar-refractivity contribution in [2.45, 2.75) is 19.4 Å². The maximum absolute atomic E-state index is 12.1. The maximum atomic E-state index is 12.1. The number of carboxylic acid groups (broad SMARTS) is 1. The van der Waals surface area contributed by atoms with Gasteiger partial charge in [0, 0.05) is 19.6 Å². The van der Waals surface area contributed by atoms with Crippen molar-refractivity contribution < 1.29 is 19.8 Å². The molecule has 1 aliphatic heterocycles. The second kappa shape index (κ2) is 6.39. The number of hydrogen-bond acceptors (Lipinski definition) is 3. The molecule has 18 heavy (non-hydrogen) atoms. The van der Waals surface area contributed by atoms with Crippen molar-refractivity contribution in [3.63, 3.8) is 0 Å². The molecular formula is C12H20N2O4. The van der Waals surface area contributed by atoms with Gasteiger partial charge >= 0.3 is 12.0 Å². The Labute approximate surface area is 106 Å². The lowest BCUT2D eigenvalue weighted by Gasteiger charge is -2.36. The summed E-state index contributed by atoms with van der Waals surface area (Å²) in [6, 6.07) is -0.358. The molecule has 6 nitrogen and oxygen atoms in total. The molecule has 0 aliphatic carbocycles. The van der Waals surface area contributed by atoms with Gasteiger partial charge in [-0.2, -0.15) is 0 Å². The molecule has 0 radical (unpaired) electrons. The molecular weight excluding hydrogens is 236 g/mol. The predicted molar refractivity (Wildman–Crippen MR) is 66.2 cm³/mol. The van der Waals surface area contributed by atoms with Gasteiger partial charge in [-0.25, -0.2) is 4.79 Å². The van der Waals surface area contributed by atoms with Gasteiger partial charge in [0.25, 0.3) is 0 Å². The van der Waals surface area contributed by atoms with Crippen LogP contribution in [-0.2, 0) is 4.79 Å². The molecule has 0 aromatic carbocycles. The van der Waals surface area contributed by atoms with Gasteiger partial charge in [0.05, 0.1) is 6.10 Å². The Morgan fingerprint density at radius 2 is 2.22 bits per heavy atom. The average molecular weight is 256 g/mol. The first-order valence-corrected chi connectivity index (χ1v) is 6.00. The van der Waals surface area contributed by atoms with Gasteiger partial charge in [-0.05, 0) is 12.3 Å². The van der Waals surface area contributed by atoms with E-state index in [9.17, 15) is 14.7 Å². The number of aliphatic hydroxyl groups excluding tert-OH is 1. The number of urea groups is 1. The fraction of sp³-hybridized carbons (Fsp3) is 0.667. The third-order valence-electron chi connectivity index (χ3n) is 3.14. The molecule has 102 valence electrons. The molecule has 0 aromatic rings. The van der Waals surface area contributed by atoms with Crippen LogP contribution in [0.15, 0.2) is 12.7 Å². The van der Waals surface area contributed by atoms with Crippen LogP contribution in [0, 0.1) is 5.92 Å². The van der Waals surface area contributed by atoms with E-state index >= 15 is 0 Å². The van der Waals surface area contributed by atoms with E-state index in [0.717, 1.165) is 6.42 Å². The molecule has 2 amide bonds. The number of aliphatic hydroxyl groups is 1. The molecule has 2 N–H and O–H groups in total. The molecule has 1 heterocycles. The molecule has 1 aliphatic rings. The van der Waals surface area contributed by atoms with Crippen LogP contribution in [0.5, 0.6) is 0 Å². The fourth-order valence-electron chi connectivity index (χ4n) is 1.95. The number of likely N-dealkylation sites (tertiary alicyclic amines) is 1. The highest BCUT2D eigenvalue weighted by Crippen LogP contribution is 2.18. The second-order valence-corrected chi connectivity index (χ2v) is 4.62. The van der Waals surface area contributed by atoms with Gasteiger partial charge in [0.2, 0.25) is 0 Å². The molecule has 0 bridgehead atoms. The molecule has 2 unspecified atom stereocenters. The highest BCUT2D eigenvalue weighted by molar-refractivity contribution is 5.80. The van der Waals surface area contributed by atoms with E-state index < -0.39 is 12.1 Å². The molecule has 0 aromatic heterocycles. The van der Waals surface area contributed by atoms with Crippen LogP contribution in [0.25, 0.3) is 0 Å². The van der Waals surface area contributed by atoms with E-state index in [1.165, 1.54) is 15.9 Å². The number of amides is 2. The van der Waals surface area contributed by atoms with Crippen molar-refractivity contribution in [3.05, 3.63) is 12.7 Å². The summed E-state index contributed by atoms with van der Waals surface area (Å²) in [4.78, 5) is 25.5. The summed E-state index contributed by atoms with van der Waals surface area (Å²) in [5, 5.41) is 18.5. The van der Waals surface area contributed by atoms with Crippen LogP contribution < -0.4 is 0 Å². The number of carbonyl (C=O) groups excluding carboxylic acids is 1. The van der Waals surface area contributed by atoms with Gasteiger partial charge < -0.3 is 20.0 Å². The van der Waals surface area contributed by atoms with E-state index in [2.05, 4.69) is 6.58 Å². The van der Waals surface area contributed by atoms with Crippen LogP contribution in [0.2, 0.25) is 0 Å². The lowest BCUT2D eigenvalue weighted by atomic mass is 9.96. The Kier molecular flexibility index (Phi) is 5.15. The highest BCUT2D eigenvalue weighted by atomic mass is 16.4. The van der Waals surface area contributed by atoms with Crippen molar-refractivity contribution in [2.75, 3.05) is 26.2 Å². The van der Waals surface area contributed by atoms with Crippen LogP contribution in [0.3, 0.4) is 0 Å². The maximum Gasteiger partial charge on any atom is 0.323 e. The van der Waals surface area contributed by atoms with Crippen molar-refractivity contribution in [1.82, 2.24) is 9.80 Å². The molecule has 1 fully saturated rings. The number of carbonyl (C=O) groups is 2. The van der Waals surface area contributed by atoms with Crippen molar-refractivity contribution in [2.24, 2.45) is 5.92 Å². The molecule has 0 spiro atoms. The van der Waals surface area contributed by atoms with Crippen molar-refractivity contribution in [1.29, 1.82) is 0 Å². The predicted octanol–water partition coefficient (Wildman–Crippen LogP) is 0.382. The highest BCUT2D eigenvalue weighted by Gasteiger charge is 2.30. The molecule has 2 atom stereocenters. The summed E-state index contributed by atoms with van der Waals surface area (Å²) >= 11 is 0. The first kappa shape index (κ1) is 14.5. The van der Waals surface area contributed by atoms with E-state index in [-0.39, 0.29) is 31.6 Å². The largest absolute Gasteiger partial charge is 0.480 e. The Morgan fingerprint density at radius 3 is 2.72 bits per heavy atom. The molecule has 6 heteroatoms. The number of hydrogen-bond donors (Lipinski definition) is 2. The zero-order chi connectivity index (χ0) is 13.7. The first-order valence-electron chi connectivity index (χ1n) is 6.00. The van der Waals surface area contributed by atoms with Crippen LogP contribution in [0.1, 0.15) is 13.3 Å². The lowest BCUT2D eigenvalue weighted by molar-refractivity contribution is -0.137. The van der Waals surface area contributed by atoms with E-state index in [0.29, 0.717) is 6.54 Å². The van der Waals surface area contributed by atoms with Gasteiger partial charge in [-0.1, -0.05) is 13.0 Å². The molecule has 1 rings (SSSR count). The SMILES string of the molecule is C=CCN(CC(=O)O)C(=O)N1CCC(C)C(O)C1. The number of nitrogens with zero attached hydrogens (tertiary/aromatic N) is 2. The Bertz CT molecular complexity index is 332. The summed E-state index contributed by atoms with van der Waals surface area (Å²) < 4.78 is 0. The first-order chi connectivity index (χ1) is 8.45. The quantitative estimate of drug-likeness (QED) is 0.713. The smallest absolute Gasteiger partial charge is 0.323 e. The van der Waals surface area contributed by atoms with Gasteiger partial charge in [-0.3, -0.25) is 4.79 Å². The summed E-state index contributed by atoms with van der Waals surface area (Å²) in [6.07, 6.45) is 1.67. The van der Waals surface area contributed by atoms with E-state index in [1.54, 1.807) is 0 Å². The van der Waals surface area contributed by atoms with Gasteiger partial charge in [0.1, 0.15) is 6.54 Å². The monoisotopic (exact) mass is 256 g/mol. The fourth-order valence-corrected chi connectivity index (χ4v) is 1.95. The number of rotatable bonds is 4.